The molecule has 120 valence electrons. The van der Waals surface area contributed by atoms with Gasteiger partial charge in [-0.3, -0.25) is 0 Å². The Bertz CT molecular complexity index is 235. The number of hydrogen-bond acceptors (Lipinski definition) is 3. The van der Waals surface area contributed by atoms with E-state index in [4.69, 9.17) is 9.47 Å². The predicted molar refractivity (Wildman–Crippen MR) is 85.2 cm³/mol. The third kappa shape index (κ3) is 7.05. The molecule has 0 spiro atoms. The zero-order valence-corrected chi connectivity index (χ0v) is 13.9. The van der Waals surface area contributed by atoms with Crippen LogP contribution >= 0.6 is 0 Å². The van der Waals surface area contributed by atoms with Gasteiger partial charge >= 0.3 is 0 Å². The number of ether oxygens (including phenoxy) is 2. The lowest BCUT2D eigenvalue weighted by Gasteiger charge is -2.40. The van der Waals surface area contributed by atoms with Crippen LogP contribution in [0, 0.1) is 5.92 Å². The Morgan fingerprint density at radius 2 is 2.00 bits per heavy atom. The molecule has 1 aliphatic rings. The van der Waals surface area contributed by atoms with Crippen LogP contribution in [0.3, 0.4) is 0 Å². The van der Waals surface area contributed by atoms with Gasteiger partial charge in [0.25, 0.3) is 0 Å². The zero-order valence-electron chi connectivity index (χ0n) is 13.9. The minimum absolute atomic E-state index is 0.0565. The summed E-state index contributed by atoms with van der Waals surface area (Å²) in [5.74, 6) is 0.785. The normalized spacial score (nSPS) is 26.9. The topological polar surface area (TPSA) is 30.5 Å². The Hall–Kier alpha value is -0.120. The number of hydrogen-bond donors (Lipinski definition) is 1. The van der Waals surface area contributed by atoms with Crippen molar-refractivity contribution in [3.8, 4) is 0 Å². The Labute approximate surface area is 125 Å². The summed E-state index contributed by atoms with van der Waals surface area (Å²) in [5, 5.41) is 3.56. The van der Waals surface area contributed by atoms with Crippen LogP contribution in [0.25, 0.3) is 0 Å². The van der Waals surface area contributed by atoms with Gasteiger partial charge in [-0.2, -0.15) is 0 Å². The van der Waals surface area contributed by atoms with Crippen molar-refractivity contribution in [1.29, 1.82) is 0 Å². The fraction of sp³-hybridized carbons (Fsp3) is 1.00. The van der Waals surface area contributed by atoms with E-state index < -0.39 is 0 Å². The first kappa shape index (κ1) is 17.9. The average Bonchev–Trinajstić information content (AvgIpc) is 2.43. The molecule has 0 aromatic carbocycles. The summed E-state index contributed by atoms with van der Waals surface area (Å²) in [7, 11) is 0. The molecule has 0 radical (unpaired) electrons. The van der Waals surface area contributed by atoms with E-state index in [9.17, 15) is 0 Å². The van der Waals surface area contributed by atoms with E-state index in [1.54, 1.807) is 0 Å². The van der Waals surface area contributed by atoms with Crippen LogP contribution in [0.5, 0.6) is 0 Å². The maximum absolute atomic E-state index is 6.28. The van der Waals surface area contributed by atoms with E-state index in [-0.39, 0.29) is 5.60 Å². The molecule has 20 heavy (non-hydrogen) atoms. The first-order valence-electron chi connectivity index (χ1n) is 8.65. The maximum Gasteiger partial charge on any atom is 0.0810 e. The van der Waals surface area contributed by atoms with Crippen molar-refractivity contribution in [2.24, 2.45) is 5.92 Å². The molecule has 1 saturated carbocycles. The van der Waals surface area contributed by atoms with Crippen LogP contribution in [0.1, 0.15) is 65.7 Å². The lowest BCUT2D eigenvalue weighted by Crippen LogP contribution is -2.47. The molecule has 2 unspecified atom stereocenters. The van der Waals surface area contributed by atoms with Crippen LogP contribution in [0.15, 0.2) is 0 Å². The molecule has 0 aromatic rings. The highest BCUT2D eigenvalue weighted by molar-refractivity contribution is 4.89. The van der Waals surface area contributed by atoms with Gasteiger partial charge in [-0.05, 0) is 38.1 Å². The molecule has 1 aliphatic carbocycles. The van der Waals surface area contributed by atoms with E-state index in [2.05, 4.69) is 26.1 Å². The van der Waals surface area contributed by atoms with Crippen molar-refractivity contribution in [3.05, 3.63) is 0 Å². The first-order chi connectivity index (χ1) is 9.72. The fourth-order valence-corrected chi connectivity index (χ4v) is 3.11. The van der Waals surface area contributed by atoms with Gasteiger partial charge in [0.2, 0.25) is 0 Å². The molecule has 3 heteroatoms. The van der Waals surface area contributed by atoms with E-state index in [1.165, 1.54) is 38.5 Å². The summed E-state index contributed by atoms with van der Waals surface area (Å²) in [6.07, 6.45) is 8.58. The molecule has 0 aliphatic heterocycles. The minimum Gasteiger partial charge on any atom is -0.379 e. The minimum atomic E-state index is 0.0565. The van der Waals surface area contributed by atoms with E-state index in [0.717, 1.165) is 45.2 Å². The Morgan fingerprint density at radius 1 is 1.15 bits per heavy atom. The van der Waals surface area contributed by atoms with E-state index in [0.29, 0.717) is 0 Å². The fourth-order valence-electron chi connectivity index (χ4n) is 3.11. The Balaban J connectivity index is 2.30. The molecule has 0 aromatic heterocycles. The molecular weight excluding hydrogens is 250 g/mol. The molecule has 0 bridgehead atoms. The van der Waals surface area contributed by atoms with Gasteiger partial charge in [0, 0.05) is 13.2 Å². The highest BCUT2D eigenvalue weighted by Crippen LogP contribution is 2.34. The second-order valence-corrected chi connectivity index (χ2v) is 6.38. The zero-order chi connectivity index (χ0) is 14.7. The Morgan fingerprint density at radius 3 is 2.70 bits per heavy atom. The van der Waals surface area contributed by atoms with Crippen LogP contribution in [-0.4, -0.2) is 38.5 Å². The van der Waals surface area contributed by atoms with Gasteiger partial charge in [-0.25, -0.2) is 0 Å². The van der Waals surface area contributed by atoms with Crippen molar-refractivity contribution in [2.45, 2.75) is 71.3 Å². The molecule has 0 heterocycles. The van der Waals surface area contributed by atoms with Crippen LogP contribution in [-0.2, 0) is 9.47 Å². The van der Waals surface area contributed by atoms with Crippen molar-refractivity contribution < 1.29 is 9.47 Å². The lowest BCUT2D eigenvalue weighted by molar-refractivity contribution is -0.0951. The van der Waals surface area contributed by atoms with Gasteiger partial charge in [0.1, 0.15) is 0 Å². The second kappa shape index (κ2) is 10.6. The second-order valence-electron chi connectivity index (χ2n) is 6.38. The third-order valence-corrected chi connectivity index (χ3v) is 4.20. The SMILES string of the molecule is CCCCOCCOC1(CNCCC)CCCC(C)C1. The maximum atomic E-state index is 6.28. The molecule has 1 fully saturated rings. The van der Waals surface area contributed by atoms with Gasteiger partial charge in [0.05, 0.1) is 18.8 Å². The standard InChI is InChI=1S/C17H35NO2/c1-4-6-11-19-12-13-20-17(15-18-10-5-2)9-7-8-16(3)14-17/h16,18H,4-15H2,1-3H3. The third-order valence-electron chi connectivity index (χ3n) is 4.20. The number of nitrogens with one attached hydrogen (secondary N) is 1. The van der Waals surface area contributed by atoms with Gasteiger partial charge < -0.3 is 14.8 Å². The summed E-state index contributed by atoms with van der Waals surface area (Å²) in [6, 6.07) is 0. The summed E-state index contributed by atoms with van der Waals surface area (Å²) in [4.78, 5) is 0. The van der Waals surface area contributed by atoms with Crippen molar-refractivity contribution in [1.82, 2.24) is 5.32 Å². The molecule has 3 nitrogen and oxygen atoms in total. The largest absolute Gasteiger partial charge is 0.379 e. The van der Waals surface area contributed by atoms with Gasteiger partial charge in [0.15, 0.2) is 0 Å². The Kier molecular flexibility index (Phi) is 9.49. The van der Waals surface area contributed by atoms with E-state index >= 15 is 0 Å². The van der Waals surface area contributed by atoms with Crippen molar-refractivity contribution in [3.63, 3.8) is 0 Å². The van der Waals surface area contributed by atoms with Gasteiger partial charge in [-0.1, -0.05) is 40.0 Å². The number of unbranched alkanes of at least 4 members (excludes halogenated alkanes) is 1. The van der Waals surface area contributed by atoms with Crippen LogP contribution in [0.4, 0.5) is 0 Å². The highest BCUT2D eigenvalue weighted by Gasteiger charge is 2.35. The molecular formula is C17H35NO2. The first-order valence-corrected chi connectivity index (χ1v) is 8.65. The highest BCUT2D eigenvalue weighted by atomic mass is 16.5. The number of rotatable bonds is 11. The summed E-state index contributed by atoms with van der Waals surface area (Å²) < 4.78 is 11.9. The predicted octanol–water partition coefficient (Wildman–Crippen LogP) is 3.77. The van der Waals surface area contributed by atoms with E-state index in [1.807, 2.05) is 0 Å². The smallest absolute Gasteiger partial charge is 0.0810 e. The monoisotopic (exact) mass is 285 g/mol. The average molecular weight is 285 g/mol. The van der Waals surface area contributed by atoms with Crippen LogP contribution in [0.2, 0.25) is 0 Å². The van der Waals surface area contributed by atoms with Crippen molar-refractivity contribution >= 4 is 0 Å². The molecule has 1 N–H and O–H groups in total. The lowest BCUT2D eigenvalue weighted by atomic mass is 9.78. The van der Waals surface area contributed by atoms with Crippen molar-refractivity contribution in [2.75, 3.05) is 32.9 Å². The molecule has 0 saturated heterocycles. The molecule has 0 amide bonds. The van der Waals surface area contributed by atoms with Gasteiger partial charge in [-0.15, -0.1) is 0 Å². The summed E-state index contributed by atoms with van der Waals surface area (Å²) in [5.41, 5.74) is 0.0565. The van der Waals surface area contributed by atoms with Crippen LogP contribution < -0.4 is 5.32 Å². The molecule has 2 atom stereocenters. The summed E-state index contributed by atoms with van der Waals surface area (Å²) in [6.45, 7) is 11.2. The quantitative estimate of drug-likeness (QED) is 0.586. The molecule has 1 rings (SSSR count). The summed E-state index contributed by atoms with van der Waals surface area (Å²) >= 11 is 0.